The second-order valence-corrected chi connectivity index (χ2v) is 6.34. The Hall–Kier alpha value is -4.60. The van der Waals surface area contributed by atoms with E-state index in [9.17, 15) is 14.7 Å². The Bertz CT molecular complexity index is 1280. The van der Waals surface area contributed by atoms with Gasteiger partial charge >= 0.3 is 0 Å². The molecular formula is C21H16N6O4. The van der Waals surface area contributed by atoms with Gasteiger partial charge in [0.05, 0.1) is 5.52 Å². The van der Waals surface area contributed by atoms with Crippen LogP contribution in [0.15, 0.2) is 60.8 Å². The number of aromatic nitrogens is 4. The number of phenols is 1. The minimum atomic E-state index is -0.425. The van der Waals surface area contributed by atoms with Crippen molar-refractivity contribution in [2.24, 2.45) is 0 Å². The number of pyridine rings is 1. The molecule has 2 heterocycles. The molecule has 0 fully saturated rings. The molecule has 0 atom stereocenters. The first-order valence-corrected chi connectivity index (χ1v) is 9.13. The number of nitrogens with zero attached hydrogens (tertiary/aromatic N) is 4. The van der Waals surface area contributed by atoms with E-state index in [2.05, 4.69) is 30.8 Å². The van der Waals surface area contributed by atoms with Crippen molar-refractivity contribution in [2.45, 2.75) is 0 Å². The number of aromatic hydroxyl groups is 1. The number of carbonyl (C=O) groups is 2. The van der Waals surface area contributed by atoms with Gasteiger partial charge in [-0.15, -0.1) is 10.2 Å². The zero-order valence-corrected chi connectivity index (χ0v) is 16.2. The Balaban J connectivity index is 1.51. The zero-order valence-electron chi connectivity index (χ0n) is 16.2. The highest BCUT2D eigenvalue weighted by molar-refractivity contribution is 6.03. The van der Waals surface area contributed by atoms with Crippen LogP contribution in [0.25, 0.3) is 11.0 Å². The molecule has 31 heavy (non-hydrogen) atoms. The van der Waals surface area contributed by atoms with Crippen molar-refractivity contribution in [1.82, 2.24) is 25.5 Å². The van der Waals surface area contributed by atoms with Crippen LogP contribution in [-0.2, 0) is 0 Å². The van der Waals surface area contributed by atoms with Crippen molar-refractivity contribution in [3.8, 4) is 17.2 Å². The van der Waals surface area contributed by atoms with Gasteiger partial charge in [0, 0.05) is 30.9 Å². The summed E-state index contributed by atoms with van der Waals surface area (Å²) < 4.78 is 5.78. The van der Waals surface area contributed by atoms with Crippen LogP contribution < -0.4 is 15.4 Å². The predicted octanol–water partition coefficient (Wildman–Crippen LogP) is 2.53. The Labute approximate surface area is 175 Å². The van der Waals surface area contributed by atoms with E-state index in [-0.39, 0.29) is 23.3 Å². The lowest BCUT2D eigenvalue weighted by molar-refractivity contribution is 0.0957. The van der Waals surface area contributed by atoms with E-state index in [0.29, 0.717) is 28.1 Å². The third kappa shape index (κ3) is 4.53. The summed E-state index contributed by atoms with van der Waals surface area (Å²) in [5.74, 6) is 0.273. The van der Waals surface area contributed by atoms with Crippen molar-refractivity contribution in [2.75, 3.05) is 12.4 Å². The molecule has 2 aromatic carbocycles. The number of hydrogen-bond donors (Lipinski definition) is 3. The lowest BCUT2D eigenvalue weighted by atomic mass is 10.2. The minimum Gasteiger partial charge on any atom is -0.508 e. The number of anilines is 1. The van der Waals surface area contributed by atoms with Crippen LogP contribution in [0.1, 0.15) is 20.8 Å². The Morgan fingerprint density at radius 2 is 1.68 bits per heavy atom. The third-order valence-corrected chi connectivity index (χ3v) is 4.21. The fourth-order valence-electron chi connectivity index (χ4n) is 2.68. The van der Waals surface area contributed by atoms with Crippen LogP contribution in [0.5, 0.6) is 17.2 Å². The Morgan fingerprint density at radius 1 is 0.903 bits per heavy atom. The fraction of sp³-hybridized carbons (Fsp3) is 0.0476. The number of carbonyl (C=O) groups excluding carboxylic acids is 2. The molecule has 3 N–H and O–H groups in total. The molecule has 0 saturated heterocycles. The van der Waals surface area contributed by atoms with Crippen LogP contribution in [0.3, 0.4) is 0 Å². The van der Waals surface area contributed by atoms with Gasteiger partial charge in [0.1, 0.15) is 28.5 Å². The maximum atomic E-state index is 12.3. The summed E-state index contributed by atoms with van der Waals surface area (Å²) in [5.41, 5.74) is 1.54. The maximum absolute atomic E-state index is 12.3. The summed E-state index contributed by atoms with van der Waals surface area (Å²) >= 11 is 0. The maximum Gasteiger partial charge on any atom is 0.269 e. The number of hydrogen-bond acceptors (Lipinski definition) is 8. The molecule has 4 rings (SSSR count). The number of phenolic OH excluding ortho intramolecular Hbond substituents is 1. The van der Waals surface area contributed by atoms with Gasteiger partial charge in [-0.25, -0.2) is 4.98 Å². The van der Waals surface area contributed by atoms with E-state index in [4.69, 9.17) is 4.74 Å². The van der Waals surface area contributed by atoms with Crippen molar-refractivity contribution in [1.29, 1.82) is 0 Å². The number of fused-ring (bicyclic) bond motifs is 1. The molecule has 10 heteroatoms. The molecule has 0 saturated carbocycles. The van der Waals surface area contributed by atoms with Crippen LogP contribution in [0, 0.1) is 0 Å². The monoisotopic (exact) mass is 416 g/mol. The van der Waals surface area contributed by atoms with Gasteiger partial charge in [0.15, 0.2) is 0 Å². The largest absolute Gasteiger partial charge is 0.508 e. The summed E-state index contributed by atoms with van der Waals surface area (Å²) in [4.78, 5) is 32.2. The Morgan fingerprint density at radius 3 is 2.45 bits per heavy atom. The second-order valence-electron chi connectivity index (χ2n) is 6.34. The van der Waals surface area contributed by atoms with E-state index in [1.54, 1.807) is 24.3 Å². The van der Waals surface area contributed by atoms with Gasteiger partial charge in [-0.1, -0.05) is 0 Å². The van der Waals surface area contributed by atoms with E-state index in [0.717, 1.165) is 0 Å². The van der Waals surface area contributed by atoms with Crippen molar-refractivity contribution >= 4 is 28.8 Å². The molecule has 0 radical (unpaired) electrons. The summed E-state index contributed by atoms with van der Waals surface area (Å²) in [5, 5.41) is 22.4. The van der Waals surface area contributed by atoms with Crippen molar-refractivity contribution in [3.05, 3.63) is 72.1 Å². The zero-order chi connectivity index (χ0) is 21.8. The van der Waals surface area contributed by atoms with Crippen LogP contribution in [0.4, 0.5) is 5.95 Å². The molecule has 10 nitrogen and oxygen atoms in total. The van der Waals surface area contributed by atoms with Crippen LogP contribution in [-0.4, -0.2) is 44.1 Å². The normalized spacial score (nSPS) is 10.5. The average Bonchev–Trinajstić information content (AvgIpc) is 2.79. The first-order valence-electron chi connectivity index (χ1n) is 9.13. The molecule has 0 aliphatic rings. The van der Waals surface area contributed by atoms with E-state index in [1.165, 1.54) is 43.6 Å². The molecular weight excluding hydrogens is 400 g/mol. The smallest absolute Gasteiger partial charge is 0.269 e. The summed E-state index contributed by atoms with van der Waals surface area (Å²) in [6.07, 6.45) is 1.48. The highest BCUT2D eigenvalue weighted by atomic mass is 16.5. The van der Waals surface area contributed by atoms with Crippen LogP contribution in [0.2, 0.25) is 0 Å². The van der Waals surface area contributed by atoms with Gasteiger partial charge in [0.25, 0.3) is 11.8 Å². The first kappa shape index (κ1) is 19.7. The summed E-state index contributed by atoms with van der Waals surface area (Å²) in [6.45, 7) is 0. The number of ether oxygens (including phenoxy) is 1. The van der Waals surface area contributed by atoms with E-state index >= 15 is 0 Å². The SMILES string of the molecule is CNC(=O)c1cc(Oc2ccc3nc(NC(=O)c4ccc(O)cc4)nnc3c2)ccn1. The van der Waals surface area contributed by atoms with Gasteiger partial charge in [-0.05, 0) is 42.5 Å². The molecule has 154 valence electrons. The average molecular weight is 416 g/mol. The molecule has 0 aliphatic heterocycles. The predicted molar refractivity (Wildman–Crippen MR) is 111 cm³/mol. The van der Waals surface area contributed by atoms with Gasteiger partial charge in [-0.2, -0.15) is 0 Å². The standard InChI is InChI=1S/C21H16N6O4/c1-22-20(30)18-11-15(8-9-23-18)31-14-6-7-16-17(10-14)26-27-21(24-16)25-19(29)12-2-4-13(28)5-3-12/h2-11,28H,1H3,(H,22,30)(H,24,25,27,29). The van der Waals surface area contributed by atoms with E-state index < -0.39 is 5.91 Å². The number of amides is 2. The minimum absolute atomic E-state index is 0.0450. The molecule has 0 aliphatic carbocycles. The molecule has 4 aromatic rings. The second kappa shape index (κ2) is 8.41. The number of nitrogens with one attached hydrogen (secondary N) is 2. The summed E-state index contributed by atoms with van der Waals surface area (Å²) in [7, 11) is 1.52. The summed E-state index contributed by atoms with van der Waals surface area (Å²) in [6, 6.07) is 13.9. The van der Waals surface area contributed by atoms with Gasteiger partial charge in [-0.3, -0.25) is 19.9 Å². The lowest BCUT2D eigenvalue weighted by Gasteiger charge is -2.08. The van der Waals surface area contributed by atoms with Crippen molar-refractivity contribution < 1.29 is 19.4 Å². The Kier molecular flexibility index (Phi) is 5.35. The fourth-order valence-corrected chi connectivity index (χ4v) is 2.68. The van der Waals surface area contributed by atoms with Gasteiger partial charge in [0.2, 0.25) is 5.95 Å². The topological polar surface area (TPSA) is 139 Å². The highest BCUT2D eigenvalue weighted by Crippen LogP contribution is 2.24. The third-order valence-electron chi connectivity index (χ3n) is 4.21. The lowest BCUT2D eigenvalue weighted by Crippen LogP contribution is -2.18. The quantitative estimate of drug-likeness (QED) is 0.451. The number of rotatable bonds is 5. The highest BCUT2D eigenvalue weighted by Gasteiger charge is 2.11. The molecule has 0 spiro atoms. The molecule has 2 amide bonds. The van der Waals surface area contributed by atoms with Crippen LogP contribution >= 0.6 is 0 Å². The molecule has 2 aromatic heterocycles. The molecule has 0 bridgehead atoms. The number of benzene rings is 2. The van der Waals surface area contributed by atoms with E-state index in [1.807, 2.05) is 0 Å². The van der Waals surface area contributed by atoms with Gasteiger partial charge < -0.3 is 15.2 Å². The molecule has 0 unspecified atom stereocenters. The first-order chi connectivity index (χ1) is 15.0. The van der Waals surface area contributed by atoms with Crippen molar-refractivity contribution in [3.63, 3.8) is 0 Å².